The van der Waals surface area contributed by atoms with E-state index in [9.17, 15) is 22.8 Å². The van der Waals surface area contributed by atoms with Crippen molar-refractivity contribution in [3.63, 3.8) is 0 Å². The number of aromatic nitrogens is 1. The van der Waals surface area contributed by atoms with E-state index in [1.54, 1.807) is 82.0 Å². The molecular formula is C32H31F3N2O8. The lowest BCUT2D eigenvalue weighted by molar-refractivity contribution is -0.192. The maximum Gasteiger partial charge on any atom is 0.490 e. The largest absolute Gasteiger partial charge is 0.493 e. The summed E-state index contributed by atoms with van der Waals surface area (Å²) in [6.45, 7) is 2.13. The van der Waals surface area contributed by atoms with Gasteiger partial charge in [-0.15, -0.1) is 0 Å². The highest BCUT2D eigenvalue weighted by molar-refractivity contribution is 6.16. The van der Waals surface area contributed by atoms with Crippen LogP contribution in [0.1, 0.15) is 27.2 Å². The molecule has 2 aromatic carbocycles. The summed E-state index contributed by atoms with van der Waals surface area (Å²) >= 11 is 0. The molecule has 10 nitrogen and oxygen atoms in total. The molecule has 1 aliphatic heterocycles. The molecule has 45 heavy (non-hydrogen) atoms. The van der Waals surface area contributed by atoms with E-state index in [1.807, 2.05) is 25.1 Å². The van der Waals surface area contributed by atoms with Gasteiger partial charge in [0.05, 0.1) is 41.5 Å². The van der Waals surface area contributed by atoms with E-state index < -0.39 is 12.1 Å². The third kappa shape index (κ3) is 8.62. The molecule has 1 aliphatic rings. The molecule has 0 spiro atoms. The zero-order chi connectivity index (χ0) is 33.3. The highest BCUT2D eigenvalue weighted by atomic mass is 19.4. The summed E-state index contributed by atoms with van der Waals surface area (Å²) in [6.07, 6.45) is 0.0605. The smallest absolute Gasteiger partial charge is 0.490 e. The standard InChI is InChI=1S/C30H30N2O6.C2HF3O2/c1-19-7-6-12-31-28(19)30(34)32-17-22(13-20-8-10-24(35-2)26(15-20)37-4)29(33)23(18-32)14-21-9-11-25(36-3)27(16-21)38-5;3-2(4,5)1(6)7/h6-16H,17-18H2,1-5H3;(H,6,7). The Labute approximate surface area is 257 Å². The minimum absolute atomic E-state index is 0.142. The number of piperidine rings is 1. The van der Waals surface area contributed by atoms with Crippen molar-refractivity contribution in [3.05, 3.63) is 88.3 Å². The van der Waals surface area contributed by atoms with Gasteiger partial charge in [-0.1, -0.05) is 18.2 Å². The second kappa shape index (κ2) is 14.9. The number of carbonyl (C=O) groups excluding carboxylic acids is 2. The van der Waals surface area contributed by atoms with E-state index in [1.165, 1.54) is 0 Å². The van der Waals surface area contributed by atoms with Crippen molar-refractivity contribution in [2.75, 3.05) is 41.5 Å². The number of aryl methyl sites for hydroxylation is 1. The number of hydrogen-bond donors (Lipinski definition) is 1. The van der Waals surface area contributed by atoms with Gasteiger partial charge in [0.1, 0.15) is 5.69 Å². The molecule has 238 valence electrons. The van der Waals surface area contributed by atoms with E-state index in [0.717, 1.165) is 16.7 Å². The zero-order valence-corrected chi connectivity index (χ0v) is 25.1. The molecule has 1 aromatic heterocycles. The van der Waals surface area contributed by atoms with Crippen LogP contribution in [0.25, 0.3) is 12.2 Å². The van der Waals surface area contributed by atoms with E-state index in [-0.39, 0.29) is 24.8 Å². The predicted molar refractivity (Wildman–Crippen MR) is 159 cm³/mol. The summed E-state index contributed by atoms with van der Waals surface area (Å²) in [5.41, 5.74) is 3.57. The molecule has 1 N–H and O–H groups in total. The molecule has 0 bridgehead atoms. The monoisotopic (exact) mass is 628 g/mol. The molecule has 0 aliphatic carbocycles. The molecule has 13 heteroatoms. The average molecular weight is 629 g/mol. The third-order valence-electron chi connectivity index (χ3n) is 6.54. The number of hydrogen-bond acceptors (Lipinski definition) is 8. The number of benzene rings is 2. The second-order valence-electron chi connectivity index (χ2n) is 9.53. The Bertz CT molecular complexity index is 1560. The lowest BCUT2D eigenvalue weighted by Crippen LogP contribution is -2.42. The van der Waals surface area contributed by atoms with Crippen LogP contribution >= 0.6 is 0 Å². The fourth-order valence-corrected chi connectivity index (χ4v) is 4.33. The van der Waals surface area contributed by atoms with Crippen LogP contribution in [0.4, 0.5) is 13.2 Å². The first kappa shape index (κ1) is 34.2. The number of carboxylic acids is 1. The van der Waals surface area contributed by atoms with Gasteiger partial charge in [0, 0.05) is 17.3 Å². The molecule has 3 aromatic rings. The number of ether oxygens (including phenoxy) is 4. The average Bonchev–Trinajstić information content (AvgIpc) is 3.02. The van der Waals surface area contributed by atoms with Crippen LogP contribution in [0, 0.1) is 6.92 Å². The maximum atomic E-state index is 13.7. The van der Waals surface area contributed by atoms with Gasteiger partial charge in [-0.25, -0.2) is 4.79 Å². The first-order valence-electron chi connectivity index (χ1n) is 13.2. The Balaban J connectivity index is 0.000000707. The van der Waals surface area contributed by atoms with Crippen LogP contribution in [0.15, 0.2) is 65.9 Å². The van der Waals surface area contributed by atoms with Crippen LogP contribution in [-0.2, 0) is 9.59 Å². The molecule has 4 rings (SSSR count). The topological polar surface area (TPSA) is 124 Å². The normalized spacial score (nSPS) is 14.8. The van der Waals surface area contributed by atoms with Gasteiger partial charge in [-0.05, 0) is 66.1 Å². The van der Waals surface area contributed by atoms with Crippen molar-refractivity contribution >= 4 is 29.8 Å². The number of carboxylic acid groups (broad SMARTS) is 1. The quantitative estimate of drug-likeness (QED) is 0.350. The van der Waals surface area contributed by atoms with Gasteiger partial charge < -0.3 is 29.0 Å². The number of carbonyl (C=O) groups is 3. The van der Waals surface area contributed by atoms with Crippen molar-refractivity contribution < 1.29 is 51.6 Å². The van der Waals surface area contributed by atoms with Crippen molar-refractivity contribution in [1.82, 2.24) is 9.88 Å². The van der Waals surface area contributed by atoms with Crippen LogP contribution in [-0.4, -0.2) is 80.4 Å². The summed E-state index contributed by atoms with van der Waals surface area (Å²) < 4.78 is 53.2. The predicted octanol–water partition coefficient (Wildman–Crippen LogP) is 5.25. The summed E-state index contributed by atoms with van der Waals surface area (Å²) in [7, 11) is 6.24. The molecule has 2 heterocycles. The lowest BCUT2D eigenvalue weighted by Gasteiger charge is -2.30. The fourth-order valence-electron chi connectivity index (χ4n) is 4.33. The number of alkyl halides is 3. The summed E-state index contributed by atoms with van der Waals surface area (Å²) in [5, 5.41) is 7.12. The molecule has 1 saturated heterocycles. The number of rotatable bonds is 7. The third-order valence-corrected chi connectivity index (χ3v) is 6.54. The van der Waals surface area contributed by atoms with Crippen LogP contribution in [0.5, 0.6) is 23.0 Å². The molecule has 1 fully saturated rings. The minimum Gasteiger partial charge on any atom is -0.493 e. The second-order valence-corrected chi connectivity index (χ2v) is 9.53. The fraction of sp³-hybridized carbons (Fsp3) is 0.250. The van der Waals surface area contributed by atoms with Crippen LogP contribution in [0.2, 0.25) is 0 Å². The number of amides is 1. The van der Waals surface area contributed by atoms with Gasteiger partial charge in [0.2, 0.25) is 0 Å². The van der Waals surface area contributed by atoms with Crippen molar-refractivity contribution in [1.29, 1.82) is 0 Å². The van der Waals surface area contributed by atoms with Crippen molar-refractivity contribution in [2.45, 2.75) is 13.1 Å². The van der Waals surface area contributed by atoms with Gasteiger partial charge in [-0.2, -0.15) is 13.2 Å². The Kier molecular flexibility index (Phi) is 11.3. The van der Waals surface area contributed by atoms with E-state index in [0.29, 0.717) is 39.8 Å². The van der Waals surface area contributed by atoms with Crippen molar-refractivity contribution in [2.24, 2.45) is 0 Å². The number of likely N-dealkylation sites (tertiary alicyclic amines) is 1. The first-order valence-corrected chi connectivity index (χ1v) is 13.2. The van der Waals surface area contributed by atoms with Gasteiger partial charge >= 0.3 is 12.1 Å². The first-order chi connectivity index (χ1) is 21.3. The SMILES string of the molecule is COc1ccc(C=C2CN(C(=O)c3ncccc3C)CC(=Cc3ccc(OC)c(OC)c3)C2=O)cc1OC.O=C(O)C(F)(F)F. The maximum absolute atomic E-state index is 13.7. The van der Waals surface area contributed by atoms with Crippen LogP contribution in [0.3, 0.4) is 0 Å². The zero-order valence-electron chi connectivity index (χ0n) is 25.1. The van der Waals surface area contributed by atoms with E-state index in [2.05, 4.69) is 4.98 Å². The summed E-state index contributed by atoms with van der Waals surface area (Å²) in [4.78, 5) is 42.0. The molecule has 1 amide bonds. The van der Waals surface area contributed by atoms with Gasteiger partial charge in [0.25, 0.3) is 5.91 Å². The Morgan fingerprint density at radius 3 is 1.64 bits per heavy atom. The highest BCUT2D eigenvalue weighted by Crippen LogP contribution is 2.32. The Morgan fingerprint density at radius 2 is 1.27 bits per heavy atom. The molecule has 0 unspecified atom stereocenters. The lowest BCUT2D eigenvalue weighted by atomic mass is 9.93. The van der Waals surface area contributed by atoms with E-state index in [4.69, 9.17) is 28.8 Å². The molecular weight excluding hydrogens is 597 g/mol. The highest BCUT2D eigenvalue weighted by Gasteiger charge is 2.38. The van der Waals surface area contributed by atoms with E-state index >= 15 is 0 Å². The number of halogens is 3. The molecule has 0 saturated carbocycles. The Morgan fingerprint density at radius 1 is 0.822 bits per heavy atom. The van der Waals surface area contributed by atoms with Crippen molar-refractivity contribution in [3.8, 4) is 23.0 Å². The van der Waals surface area contributed by atoms with Crippen LogP contribution < -0.4 is 18.9 Å². The number of pyridine rings is 1. The number of aliphatic carboxylic acids is 1. The molecule has 0 radical (unpaired) electrons. The summed E-state index contributed by atoms with van der Waals surface area (Å²) in [5.74, 6) is -0.885. The number of nitrogens with zero attached hydrogens (tertiary/aromatic N) is 2. The summed E-state index contributed by atoms with van der Waals surface area (Å²) in [6, 6.07) is 14.4. The van der Waals surface area contributed by atoms with Gasteiger partial charge in [0.15, 0.2) is 28.8 Å². The minimum atomic E-state index is -5.08. The number of Topliss-reactive ketones (excluding diaryl/α,β-unsaturated/α-hetero) is 1. The van der Waals surface area contributed by atoms with Gasteiger partial charge in [-0.3, -0.25) is 14.6 Å². The number of methoxy groups -OCH3 is 4. The number of ketones is 1. The molecule has 0 atom stereocenters. The Hall–Kier alpha value is -5.33.